The number of hydrogen-bond acceptors (Lipinski definition) is 4. The smallest absolute Gasteiger partial charge is 0.309 e. The maximum absolute atomic E-state index is 12.2. The highest BCUT2D eigenvalue weighted by Gasteiger charge is 2.18. The molecule has 0 spiro atoms. The molecule has 1 aromatic carbocycles. The van der Waals surface area contributed by atoms with Crippen molar-refractivity contribution in [2.75, 3.05) is 0 Å². The Balaban J connectivity index is 2.44. The predicted octanol–water partition coefficient (Wildman–Crippen LogP) is 6.21. The molecule has 28 heavy (non-hydrogen) atoms. The van der Waals surface area contributed by atoms with Crippen molar-refractivity contribution < 1.29 is 19.1 Å². The summed E-state index contributed by atoms with van der Waals surface area (Å²) < 4.78 is 11.0. The minimum Gasteiger partial charge on any atom is -0.461 e. The highest BCUT2D eigenvalue weighted by atomic mass is 16.5. The SMILES string of the molecule is CCCCC(CC)C(=O)OCc1ccc(COC(=O)C(CC)CCCC)cc1. The van der Waals surface area contributed by atoms with Crippen molar-refractivity contribution in [1.29, 1.82) is 0 Å². The van der Waals surface area contributed by atoms with E-state index in [0.29, 0.717) is 0 Å². The van der Waals surface area contributed by atoms with Crippen LogP contribution < -0.4 is 0 Å². The van der Waals surface area contributed by atoms with Crippen LogP contribution in [-0.4, -0.2) is 11.9 Å². The van der Waals surface area contributed by atoms with E-state index in [9.17, 15) is 9.59 Å². The Morgan fingerprint density at radius 3 is 1.36 bits per heavy atom. The second kappa shape index (κ2) is 14.2. The molecule has 0 saturated carbocycles. The van der Waals surface area contributed by atoms with Gasteiger partial charge < -0.3 is 9.47 Å². The maximum Gasteiger partial charge on any atom is 0.309 e. The molecule has 2 atom stereocenters. The third-order valence-electron chi connectivity index (χ3n) is 5.25. The Kier molecular flexibility index (Phi) is 12.3. The number of hydrogen-bond donors (Lipinski definition) is 0. The third-order valence-corrected chi connectivity index (χ3v) is 5.25. The van der Waals surface area contributed by atoms with Crippen LogP contribution in [0.3, 0.4) is 0 Å². The molecular weight excluding hydrogens is 352 g/mol. The minimum absolute atomic E-state index is 0.00199. The van der Waals surface area contributed by atoms with Crippen LogP contribution in [0.1, 0.15) is 90.2 Å². The Bertz CT molecular complexity index is 513. The van der Waals surface area contributed by atoms with E-state index in [1.807, 2.05) is 38.1 Å². The van der Waals surface area contributed by atoms with Gasteiger partial charge in [0.05, 0.1) is 11.8 Å². The molecule has 4 nitrogen and oxygen atoms in total. The molecule has 0 fully saturated rings. The van der Waals surface area contributed by atoms with Crippen molar-refractivity contribution in [3.05, 3.63) is 35.4 Å². The number of ether oxygens (including phenoxy) is 2. The fraction of sp³-hybridized carbons (Fsp3) is 0.667. The monoisotopic (exact) mass is 390 g/mol. The first kappa shape index (κ1) is 24.2. The van der Waals surface area contributed by atoms with E-state index >= 15 is 0 Å². The topological polar surface area (TPSA) is 52.6 Å². The first-order chi connectivity index (χ1) is 13.5. The zero-order valence-electron chi connectivity index (χ0n) is 18.2. The predicted molar refractivity (Wildman–Crippen MR) is 113 cm³/mol. The Morgan fingerprint density at radius 2 is 1.07 bits per heavy atom. The van der Waals surface area contributed by atoms with Gasteiger partial charge in [-0.15, -0.1) is 0 Å². The number of carbonyl (C=O) groups is 2. The molecule has 158 valence electrons. The molecule has 0 amide bonds. The molecule has 0 radical (unpaired) electrons. The fourth-order valence-corrected chi connectivity index (χ4v) is 3.15. The van der Waals surface area contributed by atoms with E-state index < -0.39 is 0 Å². The quantitative estimate of drug-likeness (QED) is 0.355. The number of unbranched alkanes of at least 4 members (excludes halogenated alkanes) is 2. The lowest BCUT2D eigenvalue weighted by molar-refractivity contribution is -0.151. The molecule has 2 unspecified atom stereocenters. The van der Waals surface area contributed by atoms with Crippen molar-refractivity contribution in [2.45, 2.75) is 92.3 Å². The van der Waals surface area contributed by atoms with Crippen molar-refractivity contribution in [3.63, 3.8) is 0 Å². The largest absolute Gasteiger partial charge is 0.461 e. The van der Waals surface area contributed by atoms with Crippen LogP contribution in [0.15, 0.2) is 24.3 Å². The lowest BCUT2D eigenvalue weighted by Gasteiger charge is -2.14. The van der Waals surface area contributed by atoms with Gasteiger partial charge in [0.15, 0.2) is 0 Å². The van der Waals surface area contributed by atoms with Crippen molar-refractivity contribution in [2.24, 2.45) is 11.8 Å². The number of benzene rings is 1. The second-order valence-corrected chi connectivity index (χ2v) is 7.53. The third kappa shape index (κ3) is 8.90. The van der Waals surface area contributed by atoms with Gasteiger partial charge in [-0.2, -0.15) is 0 Å². The van der Waals surface area contributed by atoms with Crippen molar-refractivity contribution >= 4 is 11.9 Å². The van der Waals surface area contributed by atoms with Crippen LogP contribution in [0.4, 0.5) is 0 Å². The van der Waals surface area contributed by atoms with Gasteiger partial charge in [0.1, 0.15) is 13.2 Å². The molecule has 0 N–H and O–H groups in total. The summed E-state index contributed by atoms with van der Waals surface area (Å²) in [5.41, 5.74) is 1.89. The second-order valence-electron chi connectivity index (χ2n) is 7.53. The fourth-order valence-electron chi connectivity index (χ4n) is 3.15. The molecule has 0 aliphatic carbocycles. The first-order valence-electron chi connectivity index (χ1n) is 11.0. The summed E-state index contributed by atoms with van der Waals surface area (Å²) in [5.74, 6) is -0.214. The zero-order valence-corrected chi connectivity index (χ0v) is 18.2. The zero-order chi connectivity index (χ0) is 20.8. The van der Waals surface area contributed by atoms with Gasteiger partial charge in [-0.25, -0.2) is 0 Å². The van der Waals surface area contributed by atoms with E-state index in [1.165, 1.54) is 0 Å². The normalized spacial score (nSPS) is 13.0. The van der Waals surface area contributed by atoms with Crippen molar-refractivity contribution in [3.8, 4) is 0 Å². The molecule has 1 aromatic rings. The molecule has 0 saturated heterocycles. The highest BCUT2D eigenvalue weighted by Crippen LogP contribution is 2.17. The summed E-state index contributed by atoms with van der Waals surface area (Å²) in [6.45, 7) is 8.90. The van der Waals surface area contributed by atoms with E-state index in [4.69, 9.17) is 9.47 Å². The summed E-state index contributed by atoms with van der Waals surface area (Å²) >= 11 is 0. The van der Waals surface area contributed by atoms with Crippen LogP contribution in [0, 0.1) is 11.8 Å². The van der Waals surface area contributed by atoms with Gasteiger partial charge in [-0.1, -0.05) is 77.6 Å². The Morgan fingerprint density at radius 1 is 0.714 bits per heavy atom. The lowest BCUT2D eigenvalue weighted by atomic mass is 10.00. The van der Waals surface area contributed by atoms with E-state index in [2.05, 4.69) is 13.8 Å². The number of esters is 2. The highest BCUT2D eigenvalue weighted by molar-refractivity contribution is 5.72. The number of rotatable bonds is 14. The van der Waals surface area contributed by atoms with Crippen LogP contribution in [0.5, 0.6) is 0 Å². The van der Waals surface area contributed by atoms with E-state index in [0.717, 1.165) is 62.5 Å². The minimum atomic E-state index is -0.105. The van der Waals surface area contributed by atoms with Gasteiger partial charge in [-0.05, 0) is 36.8 Å². The molecule has 0 aliphatic rings. The van der Waals surface area contributed by atoms with E-state index in [-0.39, 0.29) is 37.0 Å². The van der Waals surface area contributed by atoms with Crippen LogP contribution in [-0.2, 0) is 32.3 Å². The van der Waals surface area contributed by atoms with Crippen LogP contribution in [0.2, 0.25) is 0 Å². The lowest BCUT2D eigenvalue weighted by Crippen LogP contribution is -2.17. The maximum atomic E-state index is 12.2. The summed E-state index contributed by atoms with van der Waals surface area (Å²) in [6.07, 6.45) is 7.72. The average molecular weight is 391 g/mol. The summed E-state index contributed by atoms with van der Waals surface area (Å²) in [6, 6.07) is 7.71. The summed E-state index contributed by atoms with van der Waals surface area (Å²) in [5, 5.41) is 0. The molecule has 4 heteroatoms. The summed E-state index contributed by atoms with van der Waals surface area (Å²) in [7, 11) is 0. The molecule has 0 aromatic heterocycles. The van der Waals surface area contributed by atoms with Gasteiger partial charge in [-0.3, -0.25) is 9.59 Å². The van der Waals surface area contributed by atoms with Gasteiger partial charge in [0, 0.05) is 0 Å². The van der Waals surface area contributed by atoms with Gasteiger partial charge in [0.2, 0.25) is 0 Å². The average Bonchev–Trinajstić information content (AvgIpc) is 2.72. The van der Waals surface area contributed by atoms with Crippen LogP contribution >= 0.6 is 0 Å². The molecule has 0 heterocycles. The first-order valence-corrected chi connectivity index (χ1v) is 11.0. The molecule has 1 rings (SSSR count). The standard InChI is InChI=1S/C24H38O4/c1-5-9-11-21(7-3)23(25)27-17-19-13-15-20(16-14-19)18-28-24(26)22(8-4)12-10-6-2/h13-16,21-22H,5-12,17-18H2,1-4H3. The summed E-state index contributed by atoms with van der Waals surface area (Å²) in [4.78, 5) is 24.4. The molecule has 0 aliphatic heterocycles. The number of carbonyl (C=O) groups excluding carboxylic acids is 2. The van der Waals surface area contributed by atoms with Crippen molar-refractivity contribution in [1.82, 2.24) is 0 Å². The molecule has 0 bridgehead atoms. The van der Waals surface area contributed by atoms with Gasteiger partial charge in [0.25, 0.3) is 0 Å². The Labute approximate surface area is 171 Å². The van der Waals surface area contributed by atoms with Crippen LogP contribution in [0.25, 0.3) is 0 Å². The molecular formula is C24H38O4. The van der Waals surface area contributed by atoms with Gasteiger partial charge >= 0.3 is 11.9 Å². The Hall–Kier alpha value is -1.84. The van der Waals surface area contributed by atoms with E-state index in [1.54, 1.807) is 0 Å².